The van der Waals surface area contributed by atoms with Crippen molar-refractivity contribution in [2.45, 2.75) is 44.8 Å². The molecule has 2 aliphatic rings. The molecule has 0 atom stereocenters. The zero-order chi connectivity index (χ0) is 12.7. The third kappa shape index (κ3) is 1.89. The molecule has 0 bridgehead atoms. The Hall–Kier alpha value is -1.61. The van der Waals surface area contributed by atoms with Crippen LogP contribution in [0.5, 0.6) is 0 Å². The molecular formula is C16H19N3. The van der Waals surface area contributed by atoms with Crippen molar-refractivity contribution in [1.82, 2.24) is 14.7 Å². The van der Waals surface area contributed by atoms with E-state index >= 15 is 0 Å². The van der Waals surface area contributed by atoms with E-state index in [4.69, 9.17) is 0 Å². The summed E-state index contributed by atoms with van der Waals surface area (Å²) in [5, 5.41) is 4.56. The van der Waals surface area contributed by atoms with Gasteiger partial charge in [0.25, 0.3) is 0 Å². The second-order valence-electron chi connectivity index (χ2n) is 5.71. The molecule has 3 nitrogen and oxygen atoms in total. The summed E-state index contributed by atoms with van der Waals surface area (Å²) >= 11 is 0. The van der Waals surface area contributed by atoms with Gasteiger partial charge < -0.3 is 0 Å². The van der Waals surface area contributed by atoms with Crippen molar-refractivity contribution in [3.8, 4) is 5.69 Å². The number of rotatable bonds is 2. The Kier molecular flexibility index (Phi) is 2.66. The van der Waals surface area contributed by atoms with Crippen LogP contribution >= 0.6 is 0 Å². The van der Waals surface area contributed by atoms with Crippen molar-refractivity contribution >= 4 is 0 Å². The van der Waals surface area contributed by atoms with E-state index in [1.165, 1.54) is 42.6 Å². The van der Waals surface area contributed by atoms with Crippen molar-refractivity contribution in [2.75, 3.05) is 0 Å². The van der Waals surface area contributed by atoms with Crippen molar-refractivity contribution in [1.29, 1.82) is 0 Å². The second kappa shape index (κ2) is 4.49. The van der Waals surface area contributed by atoms with Crippen molar-refractivity contribution in [2.24, 2.45) is 0 Å². The van der Waals surface area contributed by atoms with E-state index in [2.05, 4.69) is 51.2 Å². The van der Waals surface area contributed by atoms with Gasteiger partial charge in [0.2, 0.25) is 0 Å². The van der Waals surface area contributed by atoms with Crippen LogP contribution in [0.4, 0.5) is 0 Å². The van der Waals surface area contributed by atoms with Gasteiger partial charge in [-0.25, -0.2) is 4.68 Å². The molecule has 2 heterocycles. The van der Waals surface area contributed by atoms with E-state index in [0.717, 1.165) is 19.1 Å². The topological polar surface area (TPSA) is 21.1 Å². The number of para-hydroxylation sites is 1. The molecule has 1 aliphatic heterocycles. The lowest BCUT2D eigenvalue weighted by molar-refractivity contribution is 0.198. The fourth-order valence-electron chi connectivity index (χ4n) is 3.49. The Morgan fingerprint density at radius 2 is 1.79 bits per heavy atom. The highest BCUT2D eigenvalue weighted by atomic mass is 15.3. The smallest absolute Gasteiger partial charge is 0.0649 e. The Balaban J connectivity index is 1.62. The van der Waals surface area contributed by atoms with Gasteiger partial charge in [-0.15, -0.1) is 0 Å². The molecule has 98 valence electrons. The number of fused-ring (bicyclic) bond motifs is 1. The van der Waals surface area contributed by atoms with Crippen LogP contribution in [0.15, 0.2) is 36.5 Å². The fourth-order valence-corrected chi connectivity index (χ4v) is 3.49. The first-order valence-corrected chi connectivity index (χ1v) is 7.27. The summed E-state index contributed by atoms with van der Waals surface area (Å²) in [7, 11) is 0. The molecule has 1 saturated carbocycles. The van der Waals surface area contributed by atoms with Gasteiger partial charge in [0, 0.05) is 24.7 Å². The van der Waals surface area contributed by atoms with Crippen molar-refractivity contribution in [3.63, 3.8) is 0 Å². The lowest BCUT2D eigenvalue weighted by Crippen LogP contribution is -2.28. The molecule has 19 heavy (non-hydrogen) atoms. The first-order chi connectivity index (χ1) is 9.42. The van der Waals surface area contributed by atoms with Crippen LogP contribution < -0.4 is 0 Å². The van der Waals surface area contributed by atoms with Gasteiger partial charge in [0.05, 0.1) is 17.6 Å². The molecule has 0 unspecified atom stereocenters. The quantitative estimate of drug-likeness (QED) is 0.820. The van der Waals surface area contributed by atoms with E-state index in [1.807, 2.05) is 0 Å². The van der Waals surface area contributed by atoms with Crippen molar-refractivity contribution in [3.05, 3.63) is 47.8 Å². The Morgan fingerprint density at radius 1 is 1.00 bits per heavy atom. The van der Waals surface area contributed by atoms with Gasteiger partial charge in [-0.2, -0.15) is 5.10 Å². The summed E-state index contributed by atoms with van der Waals surface area (Å²) < 4.78 is 2.12. The average Bonchev–Trinajstić information content (AvgIpc) is 3.15. The van der Waals surface area contributed by atoms with Crippen LogP contribution in [0.3, 0.4) is 0 Å². The molecule has 2 aromatic rings. The number of hydrogen-bond acceptors (Lipinski definition) is 2. The molecular weight excluding hydrogens is 234 g/mol. The third-order valence-corrected chi connectivity index (χ3v) is 4.52. The maximum Gasteiger partial charge on any atom is 0.0649 e. The van der Waals surface area contributed by atoms with Crippen LogP contribution in [0.1, 0.15) is 36.9 Å². The summed E-state index contributed by atoms with van der Waals surface area (Å²) in [6, 6.07) is 11.3. The number of benzene rings is 1. The normalized spacial score (nSPS) is 20.0. The zero-order valence-electron chi connectivity index (χ0n) is 11.1. The summed E-state index contributed by atoms with van der Waals surface area (Å²) in [5.74, 6) is 0. The lowest BCUT2D eigenvalue weighted by Gasteiger charge is -2.23. The predicted octanol–water partition coefficient (Wildman–Crippen LogP) is 3.13. The van der Waals surface area contributed by atoms with Gasteiger partial charge in [-0.1, -0.05) is 31.0 Å². The van der Waals surface area contributed by atoms with Gasteiger partial charge >= 0.3 is 0 Å². The summed E-state index contributed by atoms with van der Waals surface area (Å²) in [4.78, 5) is 2.64. The van der Waals surface area contributed by atoms with E-state index in [0.29, 0.717) is 0 Å². The second-order valence-corrected chi connectivity index (χ2v) is 5.71. The SMILES string of the molecule is c1ccc(-n2ncc3c2CN(C2CCCC2)C3)cc1. The molecule has 1 aliphatic carbocycles. The highest BCUT2D eigenvalue weighted by Crippen LogP contribution is 2.32. The highest BCUT2D eigenvalue weighted by Gasteiger charge is 2.30. The fraction of sp³-hybridized carbons (Fsp3) is 0.438. The van der Waals surface area contributed by atoms with Crippen LogP contribution in [0, 0.1) is 0 Å². The summed E-state index contributed by atoms with van der Waals surface area (Å²) in [6.45, 7) is 2.15. The van der Waals surface area contributed by atoms with Crippen LogP contribution in [-0.4, -0.2) is 20.7 Å². The maximum absolute atomic E-state index is 4.56. The van der Waals surface area contributed by atoms with Gasteiger partial charge in [-0.3, -0.25) is 4.90 Å². The number of hydrogen-bond donors (Lipinski definition) is 0. The molecule has 0 N–H and O–H groups in total. The molecule has 0 spiro atoms. The average molecular weight is 253 g/mol. The Morgan fingerprint density at radius 3 is 2.58 bits per heavy atom. The largest absolute Gasteiger partial charge is 0.290 e. The Labute approximate surface area is 113 Å². The minimum Gasteiger partial charge on any atom is -0.290 e. The standard InChI is InChI=1S/C16H19N3/c1-2-8-15(9-3-1)19-16-12-18(11-13(16)10-17-19)14-6-4-5-7-14/h1-3,8-10,14H,4-7,11-12H2. The minimum atomic E-state index is 0.802. The van der Waals surface area contributed by atoms with Gasteiger partial charge in [-0.05, 0) is 25.0 Å². The monoisotopic (exact) mass is 253 g/mol. The molecule has 1 aromatic heterocycles. The zero-order valence-corrected chi connectivity index (χ0v) is 11.1. The molecule has 1 fully saturated rings. The number of nitrogens with zero attached hydrogens (tertiary/aromatic N) is 3. The van der Waals surface area contributed by atoms with Crippen LogP contribution in [0.2, 0.25) is 0 Å². The molecule has 4 rings (SSSR count). The number of aromatic nitrogens is 2. The van der Waals surface area contributed by atoms with Gasteiger partial charge in [0.15, 0.2) is 0 Å². The molecule has 0 radical (unpaired) electrons. The highest BCUT2D eigenvalue weighted by molar-refractivity contribution is 5.36. The third-order valence-electron chi connectivity index (χ3n) is 4.52. The predicted molar refractivity (Wildman–Crippen MR) is 75.1 cm³/mol. The summed E-state index contributed by atoms with van der Waals surface area (Å²) in [6.07, 6.45) is 7.62. The molecule has 0 amide bonds. The molecule has 3 heteroatoms. The Bertz CT molecular complexity index is 567. The molecule has 1 aromatic carbocycles. The van der Waals surface area contributed by atoms with Crippen LogP contribution in [0.25, 0.3) is 5.69 Å². The first kappa shape index (κ1) is 11.2. The van der Waals surface area contributed by atoms with E-state index in [1.54, 1.807) is 0 Å². The van der Waals surface area contributed by atoms with Crippen LogP contribution in [-0.2, 0) is 13.1 Å². The summed E-state index contributed by atoms with van der Waals surface area (Å²) in [5.41, 5.74) is 3.98. The van der Waals surface area contributed by atoms with Crippen molar-refractivity contribution < 1.29 is 0 Å². The van der Waals surface area contributed by atoms with Gasteiger partial charge in [0.1, 0.15) is 0 Å². The minimum absolute atomic E-state index is 0.802. The lowest BCUT2D eigenvalue weighted by atomic mass is 10.2. The maximum atomic E-state index is 4.56. The van der Waals surface area contributed by atoms with E-state index in [9.17, 15) is 0 Å². The molecule has 0 saturated heterocycles. The first-order valence-electron chi connectivity index (χ1n) is 7.27. The van der Waals surface area contributed by atoms with E-state index < -0.39 is 0 Å². The van der Waals surface area contributed by atoms with E-state index in [-0.39, 0.29) is 0 Å².